The first kappa shape index (κ1) is 8.01. The molecule has 0 unspecified atom stereocenters. The smallest absolute Gasteiger partial charge is 0.115 e. The lowest BCUT2D eigenvalue weighted by atomic mass is 10.1. The number of hydrogen-bond acceptors (Lipinski definition) is 2. The summed E-state index contributed by atoms with van der Waals surface area (Å²) in [6.07, 6.45) is 0. The topological polar surface area (TPSA) is 46.2 Å². The van der Waals surface area contributed by atoms with Crippen LogP contribution in [-0.2, 0) is 0 Å². The highest BCUT2D eigenvalue weighted by Gasteiger charge is 2.00. The van der Waals surface area contributed by atoms with E-state index in [0.29, 0.717) is 4.99 Å². The third-order valence-corrected chi connectivity index (χ3v) is 1.70. The molecule has 0 aliphatic heterocycles. The van der Waals surface area contributed by atoms with Crippen molar-refractivity contribution >= 4 is 17.2 Å². The lowest BCUT2D eigenvalue weighted by Crippen LogP contribution is -2.10. The van der Waals surface area contributed by atoms with E-state index in [1.807, 2.05) is 6.92 Å². The van der Waals surface area contributed by atoms with Gasteiger partial charge < -0.3 is 10.8 Å². The van der Waals surface area contributed by atoms with Gasteiger partial charge >= 0.3 is 0 Å². The predicted octanol–water partition coefficient (Wildman–Crippen LogP) is 1.33. The molecule has 0 saturated carbocycles. The molecule has 0 saturated heterocycles. The number of nitrogens with two attached hydrogens (primary N) is 1. The Morgan fingerprint density at radius 1 is 1.55 bits per heavy atom. The van der Waals surface area contributed by atoms with Crippen molar-refractivity contribution in [2.45, 2.75) is 6.92 Å². The van der Waals surface area contributed by atoms with E-state index in [1.54, 1.807) is 18.2 Å². The van der Waals surface area contributed by atoms with Crippen molar-refractivity contribution in [2.24, 2.45) is 5.73 Å². The minimum Gasteiger partial charge on any atom is -0.508 e. The normalized spacial score (nSPS) is 9.55. The van der Waals surface area contributed by atoms with Crippen molar-refractivity contribution in [2.75, 3.05) is 0 Å². The largest absolute Gasteiger partial charge is 0.508 e. The fourth-order valence-corrected chi connectivity index (χ4v) is 1.15. The summed E-state index contributed by atoms with van der Waals surface area (Å²) in [6, 6.07) is 4.92. The molecule has 0 bridgehead atoms. The summed E-state index contributed by atoms with van der Waals surface area (Å²) in [7, 11) is 0. The third-order valence-electron chi connectivity index (χ3n) is 1.48. The fourth-order valence-electron chi connectivity index (χ4n) is 0.924. The third kappa shape index (κ3) is 1.68. The number of rotatable bonds is 1. The van der Waals surface area contributed by atoms with Crippen LogP contribution in [0.2, 0.25) is 0 Å². The van der Waals surface area contributed by atoms with Gasteiger partial charge in [-0.05, 0) is 30.7 Å². The van der Waals surface area contributed by atoms with Crippen LogP contribution in [0, 0.1) is 6.92 Å². The van der Waals surface area contributed by atoms with Gasteiger partial charge in [0.25, 0.3) is 0 Å². The predicted molar refractivity (Wildman–Crippen MR) is 48.7 cm³/mol. The summed E-state index contributed by atoms with van der Waals surface area (Å²) < 4.78 is 0. The molecule has 0 heterocycles. The van der Waals surface area contributed by atoms with E-state index < -0.39 is 0 Å². The number of thiocarbonyl (C=S) groups is 1. The van der Waals surface area contributed by atoms with Crippen LogP contribution in [0.25, 0.3) is 0 Å². The lowest BCUT2D eigenvalue weighted by Gasteiger charge is -2.02. The van der Waals surface area contributed by atoms with Gasteiger partial charge in [-0.1, -0.05) is 12.2 Å². The van der Waals surface area contributed by atoms with Gasteiger partial charge in [0.05, 0.1) is 0 Å². The standard InChI is InChI=1S/C8H9NOS/c1-5-4-6(10)2-3-7(5)8(9)11/h2-4,10H,1H3,(H2,9,11). The van der Waals surface area contributed by atoms with Crippen LogP contribution in [0.3, 0.4) is 0 Å². The Morgan fingerprint density at radius 3 is 2.64 bits per heavy atom. The van der Waals surface area contributed by atoms with Crippen molar-refractivity contribution in [3.05, 3.63) is 29.3 Å². The molecule has 0 amide bonds. The molecule has 1 aromatic carbocycles. The molecule has 0 atom stereocenters. The average Bonchev–Trinajstić information content (AvgIpc) is 1.85. The van der Waals surface area contributed by atoms with E-state index in [4.69, 9.17) is 23.1 Å². The minimum atomic E-state index is 0.238. The highest BCUT2D eigenvalue weighted by molar-refractivity contribution is 7.80. The Bertz CT molecular complexity index is 296. The SMILES string of the molecule is Cc1cc(O)ccc1C(N)=S. The minimum absolute atomic E-state index is 0.238. The van der Waals surface area contributed by atoms with Gasteiger partial charge in [-0.2, -0.15) is 0 Å². The van der Waals surface area contributed by atoms with Crippen molar-refractivity contribution in [1.82, 2.24) is 0 Å². The van der Waals surface area contributed by atoms with Crippen LogP contribution >= 0.6 is 12.2 Å². The molecular formula is C8H9NOS. The molecule has 0 aliphatic carbocycles. The van der Waals surface area contributed by atoms with E-state index >= 15 is 0 Å². The molecule has 1 aromatic rings. The average molecular weight is 167 g/mol. The van der Waals surface area contributed by atoms with Gasteiger partial charge in [-0.3, -0.25) is 0 Å². The zero-order valence-electron chi connectivity index (χ0n) is 6.16. The highest BCUT2D eigenvalue weighted by atomic mass is 32.1. The molecule has 3 heteroatoms. The van der Waals surface area contributed by atoms with Gasteiger partial charge in [-0.25, -0.2) is 0 Å². The van der Waals surface area contributed by atoms with Crippen molar-refractivity contribution < 1.29 is 5.11 Å². The van der Waals surface area contributed by atoms with E-state index in [0.717, 1.165) is 11.1 Å². The summed E-state index contributed by atoms with van der Waals surface area (Å²) in [5, 5.41) is 9.04. The van der Waals surface area contributed by atoms with Crippen molar-refractivity contribution in [1.29, 1.82) is 0 Å². The second-order valence-electron chi connectivity index (χ2n) is 2.36. The fraction of sp³-hybridized carbons (Fsp3) is 0.125. The Labute approximate surface area is 70.7 Å². The second kappa shape index (κ2) is 2.88. The molecule has 0 spiro atoms. The number of benzene rings is 1. The summed E-state index contributed by atoms with van der Waals surface area (Å²) >= 11 is 4.79. The maximum atomic E-state index is 9.04. The van der Waals surface area contributed by atoms with Gasteiger partial charge in [0, 0.05) is 5.56 Å². The first-order chi connectivity index (χ1) is 5.11. The van der Waals surface area contributed by atoms with Gasteiger partial charge in [0.1, 0.15) is 10.7 Å². The zero-order valence-corrected chi connectivity index (χ0v) is 6.98. The molecular weight excluding hydrogens is 158 g/mol. The Kier molecular flexibility index (Phi) is 2.10. The number of aryl methyl sites for hydroxylation is 1. The van der Waals surface area contributed by atoms with Crippen LogP contribution in [0.4, 0.5) is 0 Å². The van der Waals surface area contributed by atoms with Gasteiger partial charge in [0.15, 0.2) is 0 Å². The zero-order chi connectivity index (χ0) is 8.43. The van der Waals surface area contributed by atoms with Crippen LogP contribution in [-0.4, -0.2) is 10.1 Å². The molecule has 2 nitrogen and oxygen atoms in total. The van der Waals surface area contributed by atoms with E-state index in [9.17, 15) is 0 Å². The summed E-state index contributed by atoms with van der Waals surface area (Å²) in [6.45, 7) is 1.86. The van der Waals surface area contributed by atoms with Gasteiger partial charge in [-0.15, -0.1) is 0 Å². The Balaban J connectivity index is 3.20. The van der Waals surface area contributed by atoms with E-state index in [-0.39, 0.29) is 5.75 Å². The monoisotopic (exact) mass is 167 g/mol. The van der Waals surface area contributed by atoms with Crippen molar-refractivity contribution in [3.63, 3.8) is 0 Å². The number of phenols is 1. The Morgan fingerprint density at radius 2 is 2.18 bits per heavy atom. The van der Waals surface area contributed by atoms with Crippen molar-refractivity contribution in [3.8, 4) is 5.75 Å². The molecule has 0 aliphatic rings. The maximum absolute atomic E-state index is 9.04. The lowest BCUT2D eigenvalue weighted by molar-refractivity contribution is 0.475. The number of hydrogen-bond donors (Lipinski definition) is 2. The first-order valence-electron chi connectivity index (χ1n) is 3.20. The summed E-state index contributed by atoms with van der Waals surface area (Å²) in [4.78, 5) is 0.363. The van der Waals surface area contributed by atoms with E-state index in [1.165, 1.54) is 0 Å². The number of phenolic OH excluding ortho intramolecular Hbond substituents is 1. The second-order valence-corrected chi connectivity index (χ2v) is 2.80. The molecule has 3 N–H and O–H groups in total. The van der Waals surface area contributed by atoms with Crippen LogP contribution in [0.1, 0.15) is 11.1 Å². The highest BCUT2D eigenvalue weighted by Crippen LogP contribution is 2.14. The summed E-state index contributed by atoms with van der Waals surface area (Å²) in [5.41, 5.74) is 7.13. The first-order valence-corrected chi connectivity index (χ1v) is 3.61. The number of aromatic hydroxyl groups is 1. The van der Waals surface area contributed by atoms with E-state index in [2.05, 4.69) is 0 Å². The summed E-state index contributed by atoms with van der Waals surface area (Å²) in [5.74, 6) is 0.238. The van der Waals surface area contributed by atoms with Crippen LogP contribution in [0.15, 0.2) is 18.2 Å². The van der Waals surface area contributed by atoms with Gasteiger partial charge in [0.2, 0.25) is 0 Å². The molecule has 58 valence electrons. The molecule has 11 heavy (non-hydrogen) atoms. The molecule has 0 aromatic heterocycles. The van der Waals surface area contributed by atoms with Crippen LogP contribution < -0.4 is 5.73 Å². The molecule has 0 fully saturated rings. The quantitative estimate of drug-likeness (QED) is 0.620. The van der Waals surface area contributed by atoms with Crippen LogP contribution in [0.5, 0.6) is 5.75 Å². The maximum Gasteiger partial charge on any atom is 0.115 e. The molecule has 0 radical (unpaired) electrons. The Hall–Kier alpha value is -1.09. The molecule has 1 rings (SSSR count).